The van der Waals surface area contributed by atoms with E-state index in [0.717, 1.165) is 0 Å². The first-order chi connectivity index (χ1) is 4.19. The fraction of sp³-hybridized carbons (Fsp3) is 0.500. The Morgan fingerprint density at radius 2 is 1.80 bits per heavy atom. The molecule has 0 aromatic carbocycles. The lowest BCUT2D eigenvalue weighted by Crippen LogP contribution is -2.32. The summed E-state index contributed by atoms with van der Waals surface area (Å²) in [5.41, 5.74) is 0. The lowest BCUT2D eigenvalue weighted by Gasteiger charge is -2.06. The lowest BCUT2D eigenvalue weighted by atomic mass is 10.8. The van der Waals surface area contributed by atoms with Gasteiger partial charge in [0.1, 0.15) is 0 Å². The molecule has 1 N–H and O–H groups in total. The first-order valence-electron chi connectivity index (χ1n) is 1.75. The fourth-order valence-electron chi connectivity index (χ4n) is 0.104. The molecule has 0 aromatic rings. The van der Waals surface area contributed by atoms with Gasteiger partial charge >= 0.3 is 19.9 Å². The van der Waals surface area contributed by atoms with Crippen LogP contribution in [0.25, 0.3) is 0 Å². The van der Waals surface area contributed by atoms with Crippen molar-refractivity contribution in [3.05, 3.63) is 0 Å². The zero-order chi connectivity index (χ0) is 8.58. The maximum atomic E-state index is 11.7. The number of halogens is 3. The number of rotatable bonds is 2. The molecule has 8 heteroatoms. The summed E-state index contributed by atoms with van der Waals surface area (Å²) in [7, 11) is -5.47. The Hall–Kier alpha value is -0.0700. The highest BCUT2D eigenvalue weighted by Crippen LogP contribution is 2.29. The van der Waals surface area contributed by atoms with Gasteiger partial charge in [-0.1, -0.05) is 23.2 Å². The third-order valence-electron chi connectivity index (χ3n) is 0.555. The van der Waals surface area contributed by atoms with Crippen molar-refractivity contribution in [2.24, 2.45) is 0 Å². The van der Waals surface area contributed by atoms with E-state index in [1.54, 1.807) is 0 Å². The van der Waals surface area contributed by atoms with E-state index in [0.29, 0.717) is 0 Å². The molecule has 0 aromatic heterocycles. The van der Waals surface area contributed by atoms with Gasteiger partial charge in [0.05, 0.1) is 0 Å². The molecule has 0 bridgehead atoms. The van der Waals surface area contributed by atoms with Crippen LogP contribution < -0.4 is 0 Å². The Labute approximate surface area is 65.8 Å². The molecule has 0 aliphatic rings. The molecule has 0 aliphatic carbocycles. The minimum Gasteiger partial charge on any atom is -0.478 e. The van der Waals surface area contributed by atoms with E-state index >= 15 is 0 Å². The van der Waals surface area contributed by atoms with Gasteiger partial charge in [0, 0.05) is 0 Å². The maximum Gasteiger partial charge on any atom is 0.359 e. The molecule has 60 valence electrons. The second-order valence-corrected chi connectivity index (χ2v) is 4.52. The summed E-state index contributed by atoms with van der Waals surface area (Å²) in [5.74, 6) is -2.17. The van der Waals surface area contributed by atoms with Crippen LogP contribution in [-0.4, -0.2) is 23.2 Å². The van der Waals surface area contributed by atoms with Crippen LogP contribution in [0.3, 0.4) is 0 Å². The van der Waals surface area contributed by atoms with E-state index < -0.39 is 19.9 Å². The van der Waals surface area contributed by atoms with Gasteiger partial charge in [0.15, 0.2) is 0 Å². The Balaban J connectivity index is 4.95. The van der Waals surface area contributed by atoms with Gasteiger partial charge < -0.3 is 5.11 Å². The van der Waals surface area contributed by atoms with Gasteiger partial charge in [0.25, 0.3) is 0 Å². The smallest absolute Gasteiger partial charge is 0.359 e. The van der Waals surface area contributed by atoms with E-state index in [-0.39, 0.29) is 0 Å². The molecule has 4 nitrogen and oxygen atoms in total. The van der Waals surface area contributed by atoms with Crippen LogP contribution in [0, 0.1) is 0 Å². The Morgan fingerprint density at radius 3 is 1.80 bits per heavy atom. The first-order valence-corrected chi connectivity index (χ1v) is 3.89. The molecule has 0 heterocycles. The van der Waals surface area contributed by atoms with Gasteiger partial charge in [-0.2, -0.15) is 8.42 Å². The number of hydrogen-bond acceptors (Lipinski definition) is 3. The van der Waals surface area contributed by atoms with E-state index in [1.165, 1.54) is 0 Å². The minimum atomic E-state index is -5.47. The molecule has 0 radical (unpaired) electrons. The highest BCUT2D eigenvalue weighted by atomic mass is 35.5. The Kier molecular flexibility index (Phi) is 2.50. The van der Waals surface area contributed by atoms with Crippen molar-refractivity contribution in [1.82, 2.24) is 0 Å². The number of alkyl halides is 2. The maximum absolute atomic E-state index is 11.7. The summed E-state index contributed by atoms with van der Waals surface area (Å²) in [5, 5.41) is 7.89. The number of carbonyl (C=O) groups is 1. The summed E-state index contributed by atoms with van der Waals surface area (Å²) in [6.45, 7) is 0. The molecule has 0 saturated carbocycles. The molecule has 0 unspecified atom stereocenters. The molecule has 0 atom stereocenters. The number of aliphatic carboxylic acids is 1. The third-order valence-corrected chi connectivity index (χ3v) is 2.77. The highest BCUT2D eigenvalue weighted by molar-refractivity contribution is 7.91. The quantitative estimate of drug-likeness (QED) is 0.533. The van der Waals surface area contributed by atoms with Crippen LogP contribution in [0.4, 0.5) is 3.89 Å². The van der Waals surface area contributed by atoms with Crippen LogP contribution in [0.15, 0.2) is 0 Å². The van der Waals surface area contributed by atoms with Crippen molar-refractivity contribution < 1.29 is 22.2 Å². The molecule has 0 saturated heterocycles. The van der Waals surface area contributed by atoms with Crippen LogP contribution in [-0.2, 0) is 15.0 Å². The zero-order valence-electron chi connectivity index (χ0n) is 4.21. The molecule has 0 rings (SSSR count). The van der Waals surface area contributed by atoms with E-state index in [9.17, 15) is 17.1 Å². The average molecular weight is 211 g/mol. The van der Waals surface area contributed by atoms with Gasteiger partial charge in [-0.05, 0) is 0 Å². The van der Waals surface area contributed by atoms with Crippen molar-refractivity contribution in [2.45, 2.75) is 3.67 Å². The van der Waals surface area contributed by atoms with E-state index in [4.69, 9.17) is 5.11 Å². The van der Waals surface area contributed by atoms with Gasteiger partial charge in [0.2, 0.25) is 0 Å². The molecular weight excluding hydrogens is 210 g/mol. The van der Waals surface area contributed by atoms with Gasteiger partial charge in [-0.15, -0.1) is 3.89 Å². The van der Waals surface area contributed by atoms with Crippen molar-refractivity contribution in [3.63, 3.8) is 0 Å². The monoisotopic (exact) mass is 210 g/mol. The molecule has 10 heavy (non-hydrogen) atoms. The molecule has 0 fully saturated rings. The van der Waals surface area contributed by atoms with E-state index in [1.807, 2.05) is 0 Å². The number of carboxylic acids is 1. The second-order valence-electron chi connectivity index (χ2n) is 1.26. The van der Waals surface area contributed by atoms with Crippen molar-refractivity contribution in [3.8, 4) is 0 Å². The van der Waals surface area contributed by atoms with Crippen molar-refractivity contribution in [1.29, 1.82) is 0 Å². The zero-order valence-corrected chi connectivity index (χ0v) is 6.54. The number of hydrogen-bond donors (Lipinski definition) is 1. The summed E-state index contributed by atoms with van der Waals surface area (Å²) in [6, 6.07) is 0. The largest absolute Gasteiger partial charge is 0.478 e. The molecular formula is C2HCl2FO4S. The Morgan fingerprint density at radius 1 is 1.50 bits per heavy atom. The van der Waals surface area contributed by atoms with Crippen LogP contribution in [0.1, 0.15) is 0 Å². The molecule has 0 spiro atoms. The first kappa shape index (κ1) is 9.93. The Bertz CT molecular complexity index is 244. The molecule has 0 aliphatic heterocycles. The summed E-state index contributed by atoms with van der Waals surface area (Å²) >= 11 is 9.10. The lowest BCUT2D eigenvalue weighted by molar-refractivity contribution is -0.135. The second kappa shape index (κ2) is 2.52. The van der Waals surface area contributed by atoms with Crippen molar-refractivity contribution >= 4 is 39.4 Å². The normalized spacial score (nSPS) is 13.1. The topological polar surface area (TPSA) is 71.4 Å². The summed E-state index contributed by atoms with van der Waals surface area (Å²) in [6.07, 6.45) is 0. The van der Waals surface area contributed by atoms with Gasteiger partial charge in [-0.3, -0.25) is 0 Å². The van der Waals surface area contributed by atoms with Crippen molar-refractivity contribution in [2.75, 3.05) is 0 Å². The summed E-state index contributed by atoms with van der Waals surface area (Å²) in [4.78, 5) is 9.78. The predicted molar refractivity (Wildman–Crippen MR) is 32.1 cm³/mol. The van der Waals surface area contributed by atoms with Crippen LogP contribution in [0.5, 0.6) is 0 Å². The average Bonchev–Trinajstić information content (AvgIpc) is 1.62. The highest BCUT2D eigenvalue weighted by Gasteiger charge is 2.48. The van der Waals surface area contributed by atoms with E-state index in [2.05, 4.69) is 23.2 Å². The number of carboxylic acid groups (broad SMARTS) is 1. The SMILES string of the molecule is O=C(O)C(Cl)(Cl)S(=O)(=O)F. The standard InChI is InChI=1S/C2HCl2FO4S/c3-2(4,1(6)7)10(5,8)9/h(H,6,7). The summed E-state index contributed by atoms with van der Waals surface area (Å²) < 4.78 is 27.9. The van der Waals surface area contributed by atoms with Gasteiger partial charge in [-0.25, -0.2) is 4.79 Å². The third kappa shape index (κ3) is 1.71. The fourth-order valence-corrected chi connectivity index (χ4v) is 0.313. The minimum absolute atomic E-state index is 2.17. The van der Waals surface area contributed by atoms with Crippen LogP contribution in [0.2, 0.25) is 0 Å². The molecule has 0 amide bonds. The predicted octanol–water partition coefficient (Wildman–Crippen LogP) is 0.502. The van der Waals surface area contributed by atoms with Crippen LogP contribution >= 0.6 is 23.2 Å².